The molecule has 1 aromatic rings. The van der Waals surface area contributed by atoms with Crippen LogP contribution in [0.5, 0.6) is 5.75 Å². The van der Waals surface area contributed by atoms with E-state index in [0.29, 0.717) is 0 Å². The summed E-state index contributed by atoms with van der Waals surface area (Å²) in [4.78, 5) is 2.54. The molecule has 4 heteroatoms. The minimum atomic E-state index is 0.0278. The molecule has 0 aromatic heterocycles. The van der Waals surface area contributed by atoms with E-state index in [0.717, 1.165) is 25.3 Å². The maximum absolute atomic E-state index is 5.89. The maximum Gasteiger partial charge on any atom is 0.122 e. The van der Waals surface area contributed by atoms with Crippen molar-refractivity contribution >= 4 is 0 Å². The maximum atomic E-state index is 5.89. The first-order valence-electron chi connectivity index (χ1n) is 7.83. The molecular formula is C17H29N3O. The Bertz CT molecular complexity index is 467. The van der Waals surface area contributed by atoms with Crippen molar-refractivity contribution in [3.63, 3.8) is 0 Å². The number of nitrogens with zero attached hydrogens (tertiary/aromatic N) is 1. The second-order valence-corrected chi connectivity index (χ2v) is 6.59. The van der Waals surface area contributed by atoms with Crippen molar-refractivity contribution in [2.45, 2.75) is 51.6 Å². The second kappa shape index (κ2) is 6.77. The SMILES string of the molecule is COc1ccc(C)cc1CC(NN)C(C)(C)N1CCCC1. The molecular weight excluding hydrogens is 262 g/mol. The Hall–Kier alpha value is -1.10. The van der Waals surface area contributed by atoms with E-state index in [1.807, 2.05) is 6.07 Å². The number of methoxy groups -OCH3 is 1. The van der Waals surface area contributed by atoms with E-state index in [1.54, 1.807) is 7.11 Å². The zero-order chi connectivity index (χ0) is 15.5. The molecule has 1 aromatic carbocycles. The highest BCUT2D eigenvalue weighted by molar-refractivity contribution is 5.37. The first-order valence-corrected chi connectivity index (χ1v) is 7.83. The molecule has 0 aliphatic carbocycles. The lowest BCUT2D eigenvalue weighted by Crippen LogP contribution is -2.59. The van der Waals surface area contributed by atoms with Crippen LogP contribution in [-0.2, 0) is 6.42 Å². The molecule has 0 amide bonds. The fourth-order valence-corrected chi connectivity index (χ4v) is 3.31. The van der Waals surface area contributed by atoms with Crippen LogP contribution < -0.4 is 16.0 Å². The molecule has 1 fully saturated rings. The van der Waals surface area contributed by atoms with Crippen LogP contribution in [0.1, 0.15) is 37.8 Å². The van der Waals surface area contributed by atoms with Crippen LogP contribution >= 0.6 is 0 Å². The van der Waals surface area contributed by atoms with E-state index in [1.165, 1.54) is 24.0 Å². The Balaban J connectivity index is 2.20. The number of likely N-dealkylation sites (tertiary alicyclic amines) is 1. The fraction of sp³-hybridized carbons (Fsp3) is 0.647. The lowest BCUT2D eigenvalue weighted by atomic mass is 9.87. The van der Waals surface area contributed by atoms with E-state index in [-0.39, 0.29) is 11.6 Å². The van der Waals surface area contributed by atoms with Gasteiger partial charge in [0.25, 0.3) is 0 Å². The molecule has 1 saturated heterocycles. The van der Waals surface area contributed by atoms with Gasteiger partial charge in [0.1, 0.15) is 5.75 Å². The van der Waals surface area contributed by atoms with Gasteiger partial charge in [0.2, 0.25) is 0 Å². The Labute approximate surface area is 128 Å². The average Bonchev–Trinajstić information content (AvgIpc) is 2.99. The number of hydrazine groups is 1. The highest BCUT2D eigenvalue weighted by atomic mass is 16.5. The van der Waals surface area contributed by atoms with E-state index in [2.05, 4.69) is 43.2 Å². The first kappa shape index (κ1) is 16.3. The Morgan fingerprint density at radius 3 is 2.57 bits per heavy atom. The van der Waals surface area contributed by atoms with Crippen LogP contribution in [-0.4, -0.2) is 36.7 Å². The summed E-state index contributed by atoms with van der Waals surface area (Å²) < 4.78 is 5.50. The summed E-state index contributed by atoms with van der Waals surface area (Å²) in [6.45, 7) is 9.00. The number of benzene rings is 1. The van der Waals surface area contributed by atoms with Gasteiger partial charge < -0.3 is 4.74 Å². The van der Waals surface area contributed by atoms with Gasteiger partial charge in [0.15, 0.2) is 0 Å². The fourth-order valence-electron chi connectivity index (χ4n) is 3.31. The summed E-state index contributed by atoms with van der Waals surface area (Å²) in [7, 11) is 1.73. The summed E-state index contributed by atoms with van der Waals surface area (Å²) in [5.41, 5.74) is 5.54. The van der Waals surface area contributed by atoms with Gasteiger partial charge in [-0.3, -0.25) is 16.2 Å². The van der Waals surface area contributed by atoms with Crippen molar-refractivity contribution < 1.29 is 4.74 Å². The number of ether oxygens (including phenoxy) is 1. The second-order valence-electron chi connectivity index (χ2n) is 6.59. The average molecular weight is 291 g/mol. The van der Waals surface area contributed by atoms with Crippen LogP contribution in [0.25, 0.3) is 0 Å². The number of aryl methyl sites for hydroxylation is 1. The number of nitrogens with two attached hydrogens (primary N) is 1. The van der Waals surface area contributed by atoms with Crippen molar-refractivity contribution in [3.8, 4) is 5.75 Å². The molecule has 1 aliphatic rings. The van der Waals surface area contributed by atoms with Gasteiger partial charge in [0, 0.05) is 11.6 Å². The zero-order valence-corrected chi connectivity index (χ0v) is 13.8. The van der Waals surface area contributed by atoms with Gasteiger partial charge in [-0.15, -0.1) is 0 Å². The van der Waals surface area contributed by atoms with Crippen molar-refractivity contribution in [3.05, 3.63) is 29.3 Å². The predicted octanol–water partition coefficient (Wildman–Crippen LogP) is 2.25. The van der Waals surface area contributed by atoms with Crippen LogP contribution in [0.15, 0.2) is 18.2 Å². The quantitative estimate of drug-likeness (QED) is 0.623. The summed E-state index contributed by atoms with van der Waals surface area (Å²) in [6, 6.07) is 6.51. The number of hydrogen-bond donors (Lipinski definition) is 2. The topological polar surface area (TPSA) is 50.5 Å². The standard InChI is InChI=1S/C17H29N3O/c1-13-7-8-15(21-4)14(11-13)12-16(19-18)17(2,3)20-9-5-6-10-20/h7-8,11,16,19H,5-6,9-10,12,18H2,1-4H3. The minimum absolute atomic E-state index is 0.0278. The molecule has 1 atom stereocenters. The molecule has 21 heavy (non-hydrogen) atoms. The third kappa shape index (κ3) is 3.57. The minimum Gasteiger partial charge on any atom is -0.496 e. The molecule has 0 saturated carbocycles. The summed E-state index contributed by atoms with van der Waals surface area (Å²) in [5.74, 6) is 6.83. The molecule has 3 N–H and O–H groups in total. The first-order chi connectivity index (χ1) is 9.98. The van der Waals surface area contributed by atoms with E-state index in [9.17, 15) is 0 Å². The van der Waals surface area contributed by atoms with Gasteiger partial charge in [-0.2, -0.15) is 0 Å². The van der Waals surface area contributed by atoms with Crippen molar-refractivity contribution in [2.24, 2.45) is 5.84 Å². The Morgan fingerprint density at radius 2 is 2.00 bits per heavy atom. The molecule has 118 valence electrons. The largest absolute Gasteiger partial charge is 0.496 e. The van der Waals surface area contributed by atoms with Crippen LogP contribution in [0.3, 0.4) is 0 Å². The third-order valence-corrected chi connectivity index (χ3v) is 4.83. The summed E-state index contributed by atoms with van der Waals surface area (Å²) in [6.07, 6.45) is 3.44. The normalized spacial score (nSPS) is 18.0. The Morgan fingerprint density at radius 1 is 1.33 bits per heavy atom. The molecule has 0 bridgehead atoms. The molecule has 1 unspecified atom stereocenters. The lowest BCUT2D eigenvalue weighted by molar-refractivity contribution is 0.106. The number of hydrogen-bond acceptors (Lipinski definition) is 4. The highest BCUT2D eigenvalue weighted by Gasteiger charge is 2.36. The van der Waals surface area contributed by atoms with Crippen molar-refractivity contribution in [2.75, 3.05) is 20.2 Å². The molecule has 4 nitrogen and oxygen atoms in total. The third-order valence-electron chi connectivity index (χ3n) is 4.83. The van der Waals surface area contributed by atoms with Crippen LogP contribution in [0, 0.1) is 6.92 Å². The Kier molecular flexibility index (Phi) is 5.25. The van der Waals surface area contributed by atoms with Crippen LogP contribution in [0.2, 0.25) is 0 Å². The summed E-state index contributed by atoms with van der Waals surface area (Å²) in [5, 5.41) is 0. The van der Waals surface area contributed by atoms with Gasteiger partial charge in [-0.05, 0) is 64.8 Å². The molecule has 0 spiro atoms. The molecule has 2 rings (SSSR count). The van der Waals surface area contributed by atoms with Crippen molar-refractivity contribution in [1.82, 2.24) is 10.3 Å². The van der Waals surface area contributed by atoms with E-state index < -0.39 is 0 Å². The van der Waals surface area contributed by atoms with Gasteiger partial charge in [-0.1, -0.05) is 17.7 Å². The smallest absolute Gasteiger partial charge is 0.122 e. The number of rotatable bonds is 6. The summed E-state index contributed by atoms with van der Waals surface area (Å²) >= 11 is 0. The number of nitrogens with one attached hydrogen (secondary N) is 1. The predicted molar refractivity (Wildman–Crippen MR) is 87.4 cm³/mol. The van der Waals surface area contributed by atoms with Gasteiger partial charge in [0.05, 0.1) is 7.11 Å². The zero-order valence-electron chi connectivity index (χ0n) is 13.8. The highest BCUT2D eigenvalue weighted by Crippen LogP contribution is 2.29. The van der Waals surface area contributed by atoms with Crippen molar-refractivity contribution in [1.29, 1.82) is 0 Å². The van der Waals surface area contributed by atoms with Gasteiger partial charge >= 0.3 is 0 Å². The lowest BCUT2D eigenvalue weighted by Gasteiger charge is -2.42. The monoisotopic (exact) mass is 291 g/mol. The van der Waals surface area contributed by atoms with E-state index in [4.69, 9.17) is 10.6 Å². The molecule has 1 heterocycles. The molecule has 1 aliphatic heterocycles. The van der Waals surface area contributed by atoms with E-state index >= 15 is 0 Å². The van der Waals surface area contributed by atoms with Gasteiger partial charge in [-0.25, -0.2) is 0 Å². The van der Waals surface area contributed by atoms with Crippen LogP contribution in [0.4, 0.5) is 0 Å². The molecule has 0 radical (unpaired) electrons.